The first-order valence-electron chi connectivity index (χ1n) is 9.72. The summed E-state index contributed by atoms with van der Waals surface area (Å²) in [4.78, 5) is 11.8. The number of nitrogens with zero attached hydrogens (tertiary/aromatic N) is 1. The number of ether oxygens (including phenoxy) is 1. The van der Waals surface area contributed by atoms with Crippen LogP contribution in [0.2, 0.25) is 0 Å². The Bertz CT molecular complexity index is 980. The van der Waals surface area contributed by atoms with Gasteiger partial charge in [0, 0.05) is 35.9 Å². The Hall–Kier alpha value is -3.12. The van der Waals surface area contributed by atoms with E-state index in [0.717, 1.165) is 41.5 Å². The summed E-state index contributed by atoms with van der Waals surface area (Å²) >= 11 is 0. The molecule has 0 aliphatic rings. The van der Waals surface area contributed by atoms with Crippen LogP contribution in [-0.2, 0) is 17.8 Å². The molecule has 0 aliphatic carbocycles. The predicted molar refractivity (Wildman–Crippen MR) is 115 cm³/mol. The highest BCUT2D eigenvalue weighted by molar-refractivity contribution is 5.92. The van der Waals surface area contributed by atoms with Gasteiger partial charge < -0.3 is 14.6 Å². The van der Waals surface area contributed by atoms with E-state index in [-0.39, 0.29) is 12.4 Å². The lowest BCUT2D eigenvalue weighted by molar-refractivity contribution is 0.174. The molecule has 0 bridgehead atoms. The molecule has 3 aromatic rings. The van der Waals surface area contributed by atoms with Crippen LogP contribution in [0, 0.1) is 5.82 Å². The number of halogens is 1. The predicted octanol–water partition coefficient (Wildman–Crippen LogP) is 5.06. The summed E-state index contributed by atoms with van der Waals surface area (Å²) in [5, 5.41) is 7.23. The molecule has 0 aliphatic heterocycles. The Labute approximate surface area is 170 Å². The van der Waals surface area contributed by atoms with Gasteiger partial charge >= 0.3 is 6.09 Å². The Morgan fingerprint density at radius 2 is 2.03 bits per heavy atom. The van der Waals surface area contributed by atoms with Crippen molar-refractivity contribution < 1.29 is 13.9 Å². The molecule has 5 nitrogen and oxygen atoms in total. The molecule has 2 N–H and O–H groups in total. The summed E-state index contributed by atoms with van der Waals surface area (Å²) < 4.78 is 20.4. The fourth-order valence-electron chi connectivity index (χ4n) is 3.20. The first kappa shape index (κ1) is 20.6. The molecule has 0 saturated carbocycles. The average molecular weight is 395 g/mol. The fourth-order valence-corrected chi connectivity index (χ4v) is 3.20. The average Bonchev–Trinajstić information content (AvgIpc) is 3.05. The second-order valence-electron chi connectivity index (χ2n) is 6.83. The zero-order valence-corrected chi connectivity index (χ0v) is 16.6. The molecule has 29 heavy (non-hydrogen) atoms. The van der Waals surface area contributed by atoms with Crippen LogP contribution in [0.1, 0.15) is 24.5 Å². The Morgan fingerprint density at radius 1 is 1.24 bits per heavy atom. The molecule has 1 aromatic heterocycles. The summed E-state index contributed by atoms with van der Waals surface area (Å²) in [5.74, 6) is -0.241. The van der Waals surface area contributed by atoms with Gasteiger partial charge in [0.1, 0.15) is 12.4 Å². The van der Waals surface area contributed by atoms with Gasteiger partial charge in [0.15, 0.2) is 0 Å². The van der Waals surface area contributed by atoms with E-state index in [1.165, 1.54) is 18.2 Å². The van der Waals surface area contributed by atoms with E-state index >= 15 is 0 Å². The molecule has 1 amide bonds. The number of nitrogens with one attached hydrogen (secondary N) is 2. The van der Waals surface area contributed by atoms with Crippen molar-refractivity contribution in [3.8, 4) is 0 Å². The van der Waals surface area contributed by atoms with Gasteiger partial charge in [0.2, 0.25) is 0 Å². The lowest BCUT2D eigenvalue weighted by Crippen LogP contribution is -2.14. The number of aromatic nitrogens is 1. The largest absolute Gasteiger partial charge is 0.445 e. The highest BCUT2D eigenvalue weighted by Crippen LogP contribution is 2.26. The van der Waals surface area contributed by atoms with E-state index in [4.69, 9.17) is 4.74 Å². The zero-order valence-electron chi connectivity index (χ0n) is 16.6. The van der Waals surface area contributed by atoms with Gasteiger partial charge in [-0.25, -0.2) is 9.18 Å². The maximum absolute atomic E-state index is 13.2. The van der Waals surface area contributed by atoms with Gasteiger partial charge in [-0.3, -0.25) is 5.32 Å². The summed E-state index contributed by atoms with van der Waals surface area (Å²) in [7, 11) is 0. The first-order valence-corrected chi connectivity index (χ1v) is 9.72. The standard InChI is InChI=1S/C23H26FN3O2/c1-3-11-25-14-18-16-27(15-17-5-7-19(24)8-6-17)22-10-9-20(13-21(18)22)26-23(28)29-12-4-2/h4-10,13,16,25H,2-3,11-12,14-15H2,1H3,(H,26,28). The third-order valence-electron chi connectivity index (χ3n) is 4.55. The minimum absolute atomic E-state index is 0.161. The van der Waals surface area contributed by atoms with Gasteiger partial charge in [0.25, 0.3) is 0 Å². The van der Waals surface area contributed by atoms with Crippen molar-refractivity contribution >= 4 is 22.7 Å². The minimum Gasteiger partial charge on any atom is -0.445 e. The van der Waals surface area contributed by atoms with Crippen LogP contribution in [-0.4, -0.2) is 23.8 Å². The fraction of sp³-hybridized carbons (Fsp3) is 0.261. The Balaban J connectivity index is 1.89. The van der Waals surface area contributed by atoms with Crippen molar-refractivity contribution in [1.29, 1.82) is 0 Å². The maximum atomic E-state index is 13.2. The number of rotatable bonds is 9. The SMILES string of the molecule is C=CCOC(=O)Nc1ccc2c(c1)c(CNCCC)cn2Cc1ccc(F)cc1. The summed E-state index contributed by atoms with van der Waals surface area (Å²) in [6.07, 6.45) is 4.17. The van der Waals surface area contributed by atoms with E-state index in [9.17, 15) is 9.18 Å². The van der Waals surface area contributed by atoms with Crippen molar-refractivity contribution in [1.82, 2.24) is 9.88 Å². The van der Waals surface area contributed by atoms with Crippen molar-refractivity contribution in [2.24, 2.45) is 0 Å². The van der Waals surface area contributed by atoms with Gasteiger partial charge in [-0.1, -0.05) is 31.7 Å². The van der Waals surface area contributed by atoms with E-state index in [0.29, 0.717) is 12.2 Å². The van der Waals surface area contributed by atoms with Crippen molar-refractivity contribution in [3.05, 3.63) is 78.3 Å². The van der Waals surface area contributed by atoms with Crippen molar-refractivity contribution in [3.63, 3.8) is 0 Å². The number of fused-ring (bicyclic) bond motifs is 1. The molecular formula is C23H26FN3O2. The van der Waals surface area contributed by atoms with Crippen LogP contribution >= 0.6 is 0 Å². The van der Waals surface area contributed by atoms with Gasteiger partial charge in [-0.2, -0.15) is 0 Å². The van der Waals surface area contributed by atoms with Gasteiger partial charge in [0.05, 0.1) is 0 Å². The number of hydrogen-bond acceptors (Lipinski definition) is 3. The van der Waals surface area contributed by atoms with Gasteiger partial charge in [-0.15, -0.1) is 0 Å². The third-order valence-corrected chi connectivity index (χ3v) is 4.55. The minimum atomic E-state index is -0.513. The molecule has 0 radical (unpaired) electrons. The molecule has 0 spiro atoms. The quantitative estimate of drug-likeness (QED) is 0.393. The normalized spacial score (nSPS) is 10.8. The second-order valence-corrected chi connectivity index (χ2v) is 6.83. The highest BCUT2D eigenvalue weighted by Gasteiger charge is 2.11. The molecule has 2 aromatic carbocycles. The number of carbonyl (C=O) groups is 1. The number of benzene rings is 2. The van der Waals surface area contributed by atoms with Crippen LogP contribution in [0.15, 0.2) is 61.3 Å². The molecule has 1 heterocycles. The van der Waals surface area contributed by atoms with E-state index < -0.39 is 6.09 Å². The lowest BCUT2D eigenvalue weighted by atomic mass is 10.1. The number of hydrogen-bond donors (Lipinski definition) is 2. The molecular weight excluding hydrogens is 369 g/mol. The Morgan fingerprint density at radius 3 is 2.76 bits per heavy atom. The Kier molecular flexibility index (Phi) is 7.03. The summed E-state index contributed by atoms with van der Waals surface area (Å²) in [6, 6.07) is 12.3. The number of anilines is 1. The maximum Gasteiger partial charge on any atom is 0.411 e. The monoisotopic (exact) mass is 395 g/mol. The third kappa shape index (κ3) is 5.45. The second kappa shape index (κ2) is 9.89. The van der Waals surface area contributed by atoms with E-state index in [2.05, 4.69) is 34.9 Å². The first-order chi connectivity index (χ1) is 14.1. The topological polar surface area (TPSA) is 55.3 Å². The summed E-state index contributed by atoms with van der Waals surface area (Å²) in [6.45, 7) is 8.11. The van der Waals surface area contributed by atoms with E-state index in [1.54, 1.807) is 12.1 Å². The zero-order chi connectivity index (χ0) is 20.6. The molecule has 0 saturated heterocycles. The van der Waals surface area contributed by atoms with Crippen LogP contribution < -0.4 is 10.6 Å². The van der Waals surface area contributed by atoms with Crippen molar-refractivity contribution in [2.75, 3.05) is 18.5 Å². The molecule has 3 rings (SSSR count). The highest BCUT2D eigenvalue weighted by atomic mass is 19.1. The number of carbonyl (C=O) groups excluding carboxylic acids is 1. The molecule has 152 valence electrons. The van der Waals surface area contributed by atoms with Gasteiger partial charge in [-0.05, 0) is 54.4 Å². The number of amides is 1. The van der Waals surface area contributed by atoms with Crippen LogP contribution in [0.3, 0.4) is 0 Å². The smallest absolute Gasteiger partial charge is 0.411 e. The van der Waals surface area contributed by atoms with Crippen LogP contribution in [0.5, 0.6) is 0 Å². The molecule has 0 atom stereocenters. The van der Waals surface area contributed by atoms with E-state index in [1.807, 2.05) is 18.2 Å². The van der Waals surface area contributed by atoms with Crippen molar-refractivity contribution in [2.45, 2.75) is 26.4 Å². The van der Waals surface area contributed by atoms with Crippen LogP contribution in [0.4, 0.5) is 14.9 Å². The molecule has 0 fully saturated rings. The molecule has 6 heteroatoms. The summed E-state index contributed by atoms with van der Waals surface area (Å²) in [5.41, 5.74) is 3.88. The van der Waals surface area contributed by atoms with Crippen LogP contribution in [0.25, 0.3) is 10.9 Å². The molecule has 0 unspecified atom stereocenters. The lowest BCUT2D eigenvalue weighted by Gasteiger charge is -2.08.